The fraction of sp³-hybridized carbons (Fsp3) is 0.0625. The van der Waals surface area contributed by atoms with Gasteiger partial charge in [0.1, 0.15) is 5.15 Å². The van der Waals surface area contributed by atoms with Gasteiger partial charge in [0.15, 0.2) is 0 Å². The van der Waals surface area contributed by atoms with Crippen molar-refractivity contribution < 1.29 is 0 Å². The van der Waals surface area contributed by atoms with E-state index in [2.05, 4.69) is 10.3 Å². The van der Waals surface area contributed by atoms with E-state index in [4.69, 9.17) is 34.8 Å². The number of anilines is 1. The first-order chi connectivity index (χ1) is 10.1. The first-order valence-electron chi connectivity index (χ1n) is 6.36. The molecule has 5 heteroatoms. The summed E-state index contributed by atoms with van der Waals surface area (Å²) in [7, 11) is 0. The van der Waals surface area contributed by atoms with Gasteiger partial charge in [-0.05, 0) is 30.3 Å². The Balaban J connectivity index is 1.88. The number of hydrogen-bond acceptors (Lipinski definition) is 2. The molecule has 1 N–H and O–H groups in total. The number of nitrogens with one attached hydrogen (secondary N) is 1. The van der Waals surface area contributed by atoms with Gasteiger partial charge in [-0.1, -0.05) is 53.0 Å². The zero-order chi connectivity index (χ0) is 14.8. The van der Waals surface area contributed by atoms with Crippen LogP contribution < -0.4 is 5.32 Å². The average molecular weight is 338 g/mol. The molecule has 0 unspecified atom stereocenters. The summed E-state index contributed by atoms with van der Waals surface area (Å²) in [6, 6.07) is 15.2. The van der Waals surface area contributed by atoms with Crippen LogP contribution >= 0.6 is 34.8 Å². The third-order valence-electron chi connectivity index (χ3n) is 3.15. The molecule has 1 aromatic heterocycles. The van der Waals surface area contributed by atoms with Gasteiger partial charge in [-0.3, -0.25) is 0 Å². The van der Waals surface area contributed by atoms with Gasteiger partial charge >= 0.3 is 0 Å². The Morgan fingerprint density at radius 2 is 1.76 bits per heavy atom. The van der Waals surface area contributed by atoms with Gasteiger partial charge in [-0.2, -0.15) is 0 Å². The third-order valence-corrected chi connectivity index (χ3v) is 4.04. The van der Waals surface area contributed by atoms with E-state index in [0.717, 1.165) is 22.2 Å². The van der Waals surface area contributed by atoms with Crippen LogP contribution in [0.2, 0.25) is 15.2 Å². The van der Waals surface area contributed by atoms with Gasteiger partial charge in [0.05, 0.1) is 16.2 Å². The Kier molecular flexibility index (Phi) is 4.20. The molecular formula is C16H11Cl3N2. The van der Waals surface area contributed by atoms with Crippen molar-refractivity contribution in [3.63, 3.8) is 0 Å². The topological polar surface area (TPSA) is 24.9 Å². The summed E-state index contributed by atoms with van der Waals surface area (Å²) in [5.41, 5.74) is 2.56. The van der Waals surface area contributed by atoms with Crippen LogP contribution in [0.1, 0.15) is 5.56 Å². The maximum atomic E-state index is 6.23. The van der Waals surface area contributed by atoms with Crippen molar-refractivity contribution in [1.29, 1.82) is 0 Å². The van der Waals surface area contributed by atoms with E-state index in [1.807, 2.05) is 30.3 Å². The monoisotopic (exact) mass is 336 g/mol. The number of halogens is 3. The van der Waals surface area contributed by atoms with Crippen molar-refractivity contribution in [2.75, 3.05) is 5.32 Å². The quantitative estimate of drug-likeness (QED) is 0.610. The molecule has 0 bridgehead atoms. The molecule has 21 heavy (non-hydrogen) atoms. The van der Waals surface area contributed by atoms with E-state index >= 15 is 0 Å². The second-order valence-electron chi connectivity index (χ2n) is 4.61. The minimum absolute atomic E-state index is 0.486. The van der Waals surface area contributed by atoms with E-state index in [1.54, 1.807) is 18.2 Å². The predicted octanol–water partition coefficient (Wildman–Crippen LogP) is 5.81. The molecule has 3 rings (SSSR count). The number of fused-ring (bicyclic) bond motifs is 1. The molecule has 0 saturated carbocycles. The molecule has 2 aromatic carbocycles. The molecule has 1 heterocycles. The number of aromatic nitrogens is 1. The summed E-state index contributed by atoms with van der Waals surface area (Å²) < 4.78 is 0. The van der Waals surface area contributed by atoms with Crippen molar-refractivity contribution in [2.24, 2.45) is 0 Å². The lowest BCUT2D eigenvalue weighted by molar-refractivity contribution is 1.13. The molecule has 3 aromatic rings. The first-order valence-corrected chi connectivity index (χ1v) is 7.50. The van der Waals surface area contributed by atoms with Crippen molar-refractivity contribution in [2.45, 2.75) is 6.54 Å². The van der Waals surface area contributed by atoms with E-state index in [1.165, 1.54) is 0 Å². The summed E-state index contributed by atoms with van der Waals surface area (Å²) in [5.74, 6) is 0. The summed E-state index contributed by atoms with van der Waals surface area (Å²) in [4.78, 5) is 4.39. The summed E-state index contributed by atoms with van der Waals surface area (Å²) in [6.45, 7) is 0.525. The highest BCUT2D eigenvalue weighted by Crippen LogP contribution is 2.27. The maximum Gasteiger partial charge on any atom is 0.134 e. The van der Waals surface area contributed by atoms with Gasteiger partial charge < -0.3 is 5.32 Å². The fourth-order valence-corrected chi connectivity index (χ4v) is 2.65. The lowest BCUT2D eigenvalue weighted by Gasteiger charge is -2.10. The van der Waals surface area contributed by atoms with Crippen LogP contribution in [-0.2, 0) is 6.54 Å². The third kappa shape index (κ3) is 3.24. The Morgan fingerprint density at radius 1 is 0.952 bits per heavy atom. The van der Waals surface area contributed by atoms with Crippen LogP contribution in [0.15, 0.2) is 48.5 Å². The molecular weight excluding hydrogens is 327 g/mol. The summed E-state index contributed by atoms with van der Waals surface area (Å²) in [5, 5.41) is 6.02. The first kappa shape index (κ1) is 14.5. The van der Waals surface area contributed by atoms with E-state index in [9.17, 15) is 0 Å². The van der Waals surface area contributed by atoms with Crippen LogP contribution in [0.25, 0.3) is 10.9 Å². The van der Waals surface area contributed by atoms with Crippen molar-refractivity contribution in [3.05, 3.63) is 69.3 Å². The number of benzene rings is 2. The molecule has 0 saturated heterocycles. The van der Waals surface area contributed by atoms with Crippen LogP contribution in [0.3, 0.4) is 0 Å². The van der Waals surface area contributed by atoms with Gasteiger partial charge in [0.2, 0.25) is 0 Å². The minimum Gasteiger partial charge on any atom is -0.380 e. The Bertz CT molecular complexity index is 803. The zero-order valence-corrected chi connectivity index (χ0v) is 13.2. The molecule has 0 aliphatic carbocycles. The summed E-state index contributed by atoms with van der Waals surface area (Å²) >= 11 is 18.3. The Morgan fingerprint density at radius 3 is 2.62 bits per heavy atom. The molecule has 0 aliphatic rings. The largest absolute Gasteiger partial charge is 0.380 e. The molecule has 106 valence electrons. The highest BCUT2D eigenvalue weighted by atomic mass is 35.5. The molecule has 0 aliphatic heterocycles. The molecule has 0 fully saturated rings. The number of para-hydroxylation sites is 1. The molecule has 0 amide bonds. The molecule has 0 radical (unpaired) electrons. The van der Waals surface area contributed by atoms with Crippen LogP contribution in [0.4, 0.5) is 5.69 Å². The second kappa shape index (κ2) is 6.10. The molecule has 2 nitrogen and oxygen atoms in total. The van der Waals surface area contributed by atoms with Crippen molar-refractivity contribution in [1.82, 2.24) is 4.98 Å². The van der Waals surface area contributed by atoms with Crippen LogP contribution in [0.5, 0.6) is 0 Å². The van der Waals surface area contributed by atoms with Crippen molar-refractivity contribution >= 4 is 51.4 Å². The van der Waals surface area contributed by atoms with Gasteiger partial charge in [-0.25, -0.2) is 4.98 Å². The fourth-order valence-electron chi connectivity index (χ4n) is 2.08. The molecule has 0 atom stereocenters. The smallest absolute Gasteiger partial charge is 0.134 e. The predicted molar refractivity (Wildman–Crippen MR) is 90.5 cm³/mol. The van der Waals surface area contributed by atoms with Gasteiger partial charge in [0.25, 0.3) is 0 Å². The second-order valence-corrected chi connectivity index (χ2v) is 5.81. The summed E-state index contributed by atoms with van der Waals surface area (Å²) in [6.07, 6.45) is 0. The highest BCUT2D eigenvalue weighted by Gasteiger charge is 2.06. The lowest BCUT2D eigenvalue weighted by atomic mass is 10.1. The standard InChI is InChI=1S/C16H11Cl3N2/c17-12-5-6-13(18)15(8-12)20-9-11-7-10-3-1-2-4-14(10)21-16(11)19/h1-8,20H,9H2. The van der Waals surface area contributed by atoms with Crippen LogP contribution in [0, 0.1) is 0 Å². The average Bonchev–Trinajstić information content (AvgIpc) is 2.48. The van der Waals surface area contributed by atoms with Crippen molar-refractivity contribution in [3.8, 4) is 0 Å². The Labute approximate surface area is 137 Å². The van der Waals surface area contributed by atoms with Gasteiger partial charge in [-0.15, -0.1) is 0 Å². The number of hydrogen-bond donors (Lipinski definition) is 1. The number of rotatable bonds is 3. The Hall–Kier alpha value is -1.48. The minimum atomic E-state index is 0.486. The van der Waals surface area contributed by atoms with E-state index < -0.39 is 0 Å². The normalized spacial score (nSPS) is 10.8. The molecule has 0 spiro atoms. The van der Waals surface area contributed by atoms with E-state index in [0.29, 0.717) is 21.7 Å². The van der Waals surface area contributed by atoms with E-state index in [-0.39, 0.29) is 0 Å². The van der Waals surface area contributed by atoms with Gasteiger partial charge in [0, 0.05) is 22.5 Å². The highest BCUT2D eigenvalue weighted by molar-refractivity contribution is 6.35. The lowest BCUT2D eigenvalue weighted by Crippen LogP contribution is -2.02. The SMILES string of the molecule is Clc1ccc(Cl)c(NCc2cc3ccccc3nc2Cl)c1. The maximum absolute atomic E-state index is 6.23. The number of pyridine rings is 1. The van der Waals surface area contributed by atoms with Crippen LogP contribution in [-0.4, -0.2) is 4.98 Å². The zero-order valence-electron chi connectivity index (χ0n) is 10.9. The number of nitrogens with zero attached hydrogens (tertiary/aromatic N) is 1.